The predicted molar refractivity (Wildman–Crippen MR) is 62.3 cm³/mol. The molecule has 0 unspecified atom stereocenters. The summed E-state index contributed by atoms with van der Waals surface area (Å²) in [7, 11) is 0. The van der Waals surface area contributed by atoms with E-state index >= 15 is 0 Å². The van der Waals surface area contributed by atoms with Gasteiger partial charge in [-0.2, -0.15) is 0 Å². The quantitative estimate of drug-likeness (QED) is 0.628. The van der Waals surface area contributed by atoms with Crippen LogP contribution in [0.3, 0.4) is 0 Å². The van der Waals surface area contributed by atoms with Gasteiger partial charge in [0.05, 0.1) is 0 Å². The van der Waals surface area contributed by atoms with E-state index in [0.717, 1.165) is 12.0 Å². The Bertz CT molecular complexity index is 520. The molecular formula is C14H16O. The first-order chi connectivity index (χ1) is 7.27. The van der Waals surface area contributed by atoms with Crippen molar-refractivity contribution < 1.29 is 4.42 Å². The van der Waals surface area contributed by atoms with Crippen molar-refractivity contribution in [3.05, 3.63) is 34.6 Å². The molecule has 1 aliphatic rings. The molecule has 1 heterocycles. The molecule has 0 fully saturated rings. The van der Waals surface area contributed by atoms with Crippen molar-refractivity contribution in [1.82, 2.24) is 0 Å². The zero-order valence-corrected chi connectivity index (χ0v) is 9.39. The molecule has 0 bridgehead atoms. The minimum atomic E-state index is 1.13. The van der Waals surface area contributed by atoms with Gasteiger partial charge in [0.25, 0.3) is 0 Å². The lowest BCUT2D eigenvalue weighted by molar-refractivity contribution is 0.504. The van der Waals surface area contributed by atoms with Gasteiger partial charge in [-0.05, 0) is 44.2 Å². The fourth-order valence-corrected chi connectivity index (χ4v) is 2.56. The lowest BCUT2D eigenvalue weighted by Crippen LogP contribution is -1.98. The Morgan fingerprint density at radius 1 is 1.07 bits per heavy atom. The molecule has 1 aliphatic carbocycles. The summed E-state index contributed by atoms with van der Waals surface area (Å²) < 4.78 is 6.00. The normalized spacial score (nSPS) is 15.6. The molecule has 0 spiro atoms. The van der Waals surface area contributed by atoms with E-state index in [1.807, 2.05) is 0 Å². The van der Waals surface area contributed by atoms with Crippen LogP contribution in [0.5, 0.6) is 0 Å². The third-order valence-electron chi connectivity index (χ3n) is 3.64. The average molecular weight is 200 g/mol. The largest absolute Gasteiger partial charge is 0.460 e. The van der Waals surface area contributed by atoms with Gasteiger partial charge >= 0.3 is 0 Å². The lowest BCUT2D eigenvalue weighted by atomic mass is 9.95. The first kappa shape index (κ1) is 9.02. The molecule has 0 radical (unpaired) electrons. The van der Waals surface area contributed by atoms with Crippen molar-refractivity contribution in [3.63, 3.8) is 0 Å². The Hall–Kier alpha value is -1.24. The van der Waals surface area contributed by atoms with Crippen molar-refractivity contribution in [3.8, 4) is 0 Å². The van der Waals surface area contributed by atoms with Gasteiger partial charge < -0.3 is 4.42 Å². The topological polar surface area (TPSA) is 13.1 Å². The number of hydrogen-bond acceptors (Lipinski definition) is 1. The Labute approximate surface area is 90.1 Å². The van der Waals surface area contributed by atoms with Crippen LogP contribution in [0.1, 0.15) is 35.3 Å². The molecule has 0 amide bonds. The Morgan fingerprint density at radius 2 is 1.87 bits per heavy atom. The fraction of sp³-hybridized carbons (Fsp3) is 0.429. The zero-order valence-electron chi connectivity index (χ0n) is 9.39. The summed E-state index contributed by atoms with van der Waals surface area (Å²) in [5.74, 6) is 1.24. The molecule has 1 aromatic carbocycles. The molecule has 78 valence electrons. The third kappa shape index (κ3) is 1.22. The van der Waals surface area contributed by atoms with Gasteiger partial charge in [-0.1, -0.05) is 12.1 Å². The zero-order chi connectivity index (χ0) is 10.4. The summed E-state index contributed by atoms with van der Waals surface area (Å²) in [6, 6.07) is 4.44. The maximum atomic E-state index is 6.00. The van der Waals surface area contributed by atoms with Gasteiger partial charge in [0, 0.05) is 17.4 Å². The van der Waals surface area contributed by atoms with Crippen LogP contribution in [0.4, 0.5) is 0 Å². The third-order valence-corrected chi connectivity index (χ3v) is 3.64. The average Bonchev–Trinajstić information content (AvgIpc) is 2.63. The van der Waals surface area contributed by atoms with Crippen LogP contribution in [-0.4, -0.2) is 0 Å². The molecule has 1 nitrogen and oxygen atoms in total. The molecule has 1 aromatic heterocycles. The summed E-state index contributed by atoms with van der Waals surface area (Å²) in [5, 5.41) is 1.35. The van der Waals surface area contributed by atoms with E-state index in [1.54, 1.807) is 0 Å². The maximum absolute atomic E-state index is 6.00. The van der Waals surface area contributed by atoms with Crippen LogP contribution >= 0.6 is 0 Å². The van der Waals surface area contributed by atoms with Gasteiger partial charge in [0.15, 0.2) is 0 Å². The minimum absolute atomic E-state index is 1.13. The maximum Gasteiger partial charge on any atom is 0.137 e. The van der Waals surface area contributed by atoms with Crippen molar-refractivity contribution in [2.75, 3.05) is 0 Å². The number of hydrogen-bond donors (Lipinski definition) is 0. The second-order valence-electron chi connectivity index (χ2n) is 4.60. The second-order valence-corrected chi connectivity index (χ2v) is 4.60. The van der Waals surface area contributed by atoms with E-state index in [0.29, 0.717) is 0 Å². The van der Waals surface area contributed by atoms with Crippen LogP contribution in [-0.2, 0) is 12.8 Å². The molecule has 1 heteroatoms. The molecule has 0 saturated carbocycles. The highest BCUT2D eigenvalue weighted by Crippen LogP contribution is 2.34. The molecule has 0 N–H and O–H groups in total. The van der Waals surface area contributed by atoms with Crippen molar-refractivity contribution in [2.24, 2.45) is 0 Å². The van der Waals surface area contributed by atoms with E-state index < -0.39 is 0 Å². The monoisotopic (exact) mass is 200 g/mol. The van der Waals surface area contributed by atoms with E-state index in [-0.39, 0.29) is 0 Å². The van der Waals surface area contributed by atoms with Crippen LogP contribution in [0, 0.1) is 13.8 Å². The molecule has 0 atom stereocenters. The molecule has 2 aromatic rings. The van der Waals surface area contributed by atoms with Crippen LogP contribution in [0.2, 0.25) is 0 Å². The van der Waals surface area contributed by atoms with Crippen molar-refractivity contribution in [1.29, 1.82) is 0 Å². The van der Waals surface area contributed by atoms with Crippen molar-refractivity contribution in [2.45, 2.75) is 39.5 Å². The number of rotatable bonds is 0. The number of aryl methyl sites for hydroxylation is 4. The first-order valence-electron chi connectivity index (χ1n) is 5.78. The fourth-order valence-electron chi connectivity index (χ4n) is 2.56. The number of furan rings is 1. The highest BCUT2D eigenvalue weighted by atomic mass is 16.3. The standard InChI is InChI=1S/C14H16O/c1-9-7-8-12-11-5-3-4-6-13(11)15-14(12)10(9)2/h7-8H,3-6H2,1-2H3. The Balaban J connectivity index is 2.36. The summed E-state index contributed by atoms with van der Waals surface area (Å²) >= 11 is 0. The molecule has 15 heavy (non-hydrogen) atoms. The number of benzene rings is 1. The first-order valence-corrected chi connectivity index (χ1v) is 5.78. The summed E-state index contributed by atoms with van der Waals surface area (Å²) in [6.07, 6.45) is 4.92. The Kier molecular flexibility index (Phi) is 1.88. The smallest absolute Gasteiger partial charge is 0.137 e. The van der Waals surface area contributed by atoms with Gasteiger partial charge in [0.2, 0.25) is 0 Å². The minimum Gasteiger partial charge on any atom is -0.460 e. The molecule has 0 saturated heterocycles. The van der Waals surface area contributed by atoms with E-state index in [9.17, 15) is 0 Å². The predicted octanol–water partition coefficient (Wildman–Crippen LogP) is 3.93. The van der Waals surface area contributed by atoms with Gasteiger partial charge in [-0.25, -0.2) is 0 Å². The molecule has 3 rings (SSSR count). The van der Waals surface area contributed by atoms with Crippen LogP contribution < -0.4 is 0 Å². The van der Waals surface area contributed by atoms with E-state index in [4.69, 9.17) is 4.42 Å². The Morgan fingerprint density at radius 3 is 2.73 bits per heavy atom. The number of fused-ring (bicyclic) bond motifs is 3. The van der Waals surface area contributed by atoms with Crippen molar-refractivity contribution >= 4 is 11.0 Å². The van der Waals surface area contributed by atoms with E-state index in [1.165, 1.54) is 47.1 Å². The highest BCUT2D eigenvalue weighted by molar-refractivity contribution is 5.86. The summed E-state index contributed by atoms with van der Waals surface area (Å²) in [5.41, 5.74) is 5.23. The van der Waals surface area contributed by atoms with Gasteiger partial charge in [-0.15, -0.1) is 0 Å². The molecular weight excluding hydrogens is 184 g/mol. The second kappa shape index (κ2) is 3.13. The lowest BCUT2D eigenvalue weighted by Gasteiger charge is -2.08. The SMILES string of the molecule is Cc1ccc2c3c(oc2c1C)CCCC3. The van der Waals surface area contributed by atoms with Crippen LogP contribution in [0.25, 0.3) is 11.0 Å². The van der Waals surface area contributed by atoms with Gasteiger partial charge in [-0.3, -0.25) is 0 Å². The summed E-state index contributed by atoms with van der Waals surface area (Å²) in [4.78, 5) is 0. The van der Waals surface area contributed by atoms with Crippen LogP contribution in [0.15, 0.2) is 16.5 Å². The molecule has 0 aliphatic heterocycles. The highest BCUT2D eigenvalue weighted by Gasteiger charge is 2.18. The van der Waals surface area contributed by atoms with E-state index in [2.05, 4.69) is 26.0 Å². The summed E-state index contributed by atoms with van der Waals surface area (Å²) in [6.45, 7) is 4.31. The van der Waals surface area contributed by atoms with Gasteiger partial charge in [0.1, 0.15) is 11.3 Å².